The summed E-state index contributed by atoms with van der Waals surface area (Å²) >= 11 is 0. The van der Waals surface area contributed by atoms with Crippen molar-refractivity contribution in [3.63, 3.8) is 0 Å². The molecule has 0 fully saturated rings. The van der Waals surface area contributed by atoms with Crippen molar-refractivity contribution in [1.82, 2.24) is 0 Å². The van der Waals surface area contributed by atoms with Crippen LogP contribution in [-0.2, 0) is 4.79 Å². The maximum absolute atomic E-state index is 11.2. The van der Waals surface area contributed by atoms with Crippen LogP contribution in [0.2, 0.25) is 0 Å². The molecule has 0 saturated heterocycles. The van der Waals surface area contributed by atoms with E-state index in [0.717, 1.165) is 5.75 Å². The summed E-state index contributed by atoms with van der Waals surface area (Å²) in [6.07, 6.45) is 0. The van der Waals surface area contributed by atoms with Gasteiger partial charge in [0.2, 0.25) is 5.91 Å². The number of carbonyl (C=O) groups excluding carboxylic acids is 1. The number of benzene rings is 1. The summed E-state index contributed by atoms with van der Waals surface area (Å²) in [4.78, 5) is 11.2. The molecule has 0 saturated carbocycles. The number of amides is 1. The predicted molar refractivity (Wildman–Crippen MR) is 62.5 cm³/mol. The second-order valence-corrected chi connectivity index (χ2v) is 3.01. The van der Waals surface area contributed by atoms with E-state index in [0.29, 0.717) is 5.69 Å². The van der Waals surface area contributed by atoms with E-state index in [2.05, 4.69) is 5.32 Å². The molecule has 3 N–H and O–H groups in total. The Morgan fingerprint density at radius 1 is 1.40 bits per heavy atom. The lowest BCUT2D eigenvalue weighted by Gasteiger charge is -2.07. The fourth-order valence-corrected chi connectivity index (χ4v) is 0.930. The van der Waals surface area contributed by atoms with Crippen LogP contribution in [0, 0.1) is 0 Å². The van der Waals surface area contributed by atoms with E-state index in [9.17, 15) is 4.79 Å². The molecule has 0 aliphatic heterocycles. The SMILES string of the molecule is COc1ccc(NC(=O)[C@@H](C)N)cc1.Cl. The van der Waals surface area contributed by atoms with Crippen LogP contribution in [0.4, 0.5) is 5.69 Å². The summed E-state index contributed by atoms with van der Waals surface area (Å²) in [6.45, 7) is 1.64. The van der Waals surface area contributed by atoms with Gasteiger partial charge < -0.3 is 15.8 Å². The number of halogens is 1. The quantitative estimate of drug-likeness (QED) is 0.825. The number of rotatable bonds is 3. The highest BCUT2D eigenvalue weighted by Crippen LogP contribution is 2.14. The summed E-state index contributed by atoms with van der Waals surface area (Å²) in [5.41, 5.74) is 6.12. The van der Waals surface area contributed by atoms with Crippen LogP contribution >= 0.6 is 12.4 Å². The standard InChI is InChI=1S/C10H14N2O2.ClH/c1-7(11)10(13)12-8-3-5-9(14-2)6-4-8;/h3-7H,11H2,1-2H3,(H,12,13);1H/t7-;/m1./s1. The summed E-state index contributed by atoms with van der Waals surface area (Å²) in [7, 11) is 1.59. The first kappa shape index (κ1) is 13.7. The van der Waals surface area contributed by atoms with Gasteiger partial charge in [-0.05, 0) is 31.2 Å². The molecule has 4 nitrogen and oxygen atoms in total. The molecule has 15 heavy (non-hydrogen) atoms. The summed E-state index contributed by atoms with van der Waals surface area (Å²) in [5.74, 6) is 0.555. The van der Waals surface area contributed by atoms with Crippen LogP contribution < -0.4 is 15.8 Å². The van der Waals surface area contributed by atoms with E-state index in [1.165, 1.54) is 0 Å². The van der Waals surface area contributed by atoms with Crippen molar-refractivity contribution >= 4 is 24.0 Å². The van der Waals surface area contributed by atoms with E-state index < -0.39 is 6.04 Å². The Kier molecular flexibility index (Phi) is 5.74. The van der Waals surface area contributed by atoms with E-state index in [4.69, 9.17) is 10.5 Å². The van der Waals surface area contributed by atoms with Crippen LogP contribution in [0.1, 0.15) is 6.92 Å². The molecule has 1 amide bonds. The zero-order valence-corrected chi connectivity index (χ0v) is 9.51. The van der Waals surface area contributed by atoms with Crippen LogP contribution in [0.25, 0.3) is 0 Å². The Morgan fingerprint density at radius 3 is 2.33 bits per heavy atom. The van der Waals surface area contributed by atoms with Crippen molar-refractivity contribution in [2.45, 2.75) is 13.0 Å². The van der Waals surface area contributed by atoms with Crippen molar-refractivity contribution in [3.05, 3.63) is 24.3 Å². The van der Waals surface area contributed by atoms with Gasteiger partial charge in [-0.3, -0.25) is 4.79 Å². The summed E-state index contributed by atoms with van der Waals surface area (Å²) in [6, 6.07) is 6.57. The number of hydrogen-bond donors (Lipinski definition) is 2. The average Bonchev–Trinajstić information content (AvgIpc) is 2.19. The molecule has 0 aliphatic carbocycles. The first-order valence-electron chi connectivity index (χ1n) is 4.34. The number of nitrogens with two attached hydrogens (primary N) is 1. The topological polar surface area (TPSA) is 64.3 Å². The minimum absolute atomic E-state index is 0. The Hall–Kier alpha value is -1.26. The molecule has 0 radical (unpaired) electrons. The van der Waals surface area contributed by atoms with Crippen molar-refractivity contribution in [3.8, 4) is 5.75 Å². The highest BCUT2D eigenvalue weighted by atomic mass is 35.5. The van der Waals surface area contributed by atoms with Crippen LogP contribution in [-0.4, -0.2) is 19.1 Å². The first-order chi connectivity index (χ1) is 6.63. The molecule has 1 aromatic rings. The molecule has 1 atom stereocenters. The molecule has 0 bridgehead atoms. The highest BCUT2D eigenvalue weighted by molar-refractivity contribution is 5.94. The van der Waals surface area contributed by atoms with E-state index >= 15 is 0 Å². The summed E-state index contributed by atoms with van der Waals surface area (Å²) < 4.78 is 4.98. The lowest BCUT2D eigenvalue weighted by atomic mass is 10.2. The molecule has 1 rings (SSSR count). The van der Waals surface area contributed by atoms with Crippen molar-refractivity contribution in [1.29, 1.82) is 0 Å². The van der Waals surface area contributed by atoms with Gasteiger partial charge in [0, 0.05) is 5.69 Å². The van der Waals surface area contributed by atoms with Gasteiger partial charge in [0.15, 0.2) is 0 Å². The van der Waals surface area contributed by atoms with Gasteiger partial charge in [-0.1, -0.05) is 0 Å². The van der Waals surface area contributed by atoms with Gasteiger partial charge in [0.25, 0.3) is 0 Å². The third kappa shape index (κ3) is 4.18. The number of anilines is 1. The minimum atomic E-state index is -0.503. The molecule has 0 aromatic heterocycles. The van der Waals surface area contributed by atoms with Gasteiger partial charge >= 0.3 is 0 Å². The number of carbonyl (C=O) groups is 1. The number of hydrogen-bond acceptors (Lipinski definition) is 3. The maximum Gasteiger partial charge on any atom is 0.240 e. The van der Waals surface area contributed by atoms with Crippen molar-refractivity contribution in [2.24, 2.45) is 5.73 Å². The van der Waals surface area contributed by atoms with E-state index in [1.807, 2.05) is 0 Å². The second kappa shape index (κ2) is 6.27. The monoisotopic (exact) mass is 230 g/mol. The Morgan fingerprint density at radius 2 is 1.93 bits per heavy atom. The third-order valence-electron chi connectivity index (χ3n) is 1.77. The molecule has 0 unspecified atom stereocenters. The highest BCUT2D eigenvalue weighted by Gasteiger charge is 2.06. The maximum atomic E-state index is 11.2. The normalized spacial score (nSPS) is 11.1. The van der Waals surface area contributed by atoms with Crippen LogP contribution in [0.5, 0.6) is 5.75 Å². The van der Waals surface area contributed by atoms with Crippen LogP contribution in [0.15, 0.2) is 24.3 Å². The number of ether oxygens (including phenoxy) is 1. The first-order valence-corrected chi connectivity index (χ1v) is 4.34. The molecule has 0 aliphatic rings. The van der Waals surface area contributed by atoms with Crippen molar-refractivity contribution in [2.75, 3.05) is 12.4 Å². The lowest BCUT2D eigenvalue weighted by Crippen LogP contribution is -2.32. The average molecular weight is 231 g/mol. The fraction of sp³-hybridized carbons (Fsp3) is 0.300. The van der Waals surface area contributed by atoms with Gasteiger partial charge in [-0.2, -0.15) is 0 Å². The minimum Gasteiger partial charge on any atom is -0.497 e. The Bertz CT molecular complexity index is 312. The molecule has 0 heterocycles. The van der Waals surface area contributed by atoms with Crippen LogP contribution in [0.3, 0.4) is 0 Å². The molecule has 5 heteroatoms. The number of methoxy groups -OCH3 is 1. The second-order valence-electron chi connectivity index (χ2n) is 3.01. The van der Waals surface area contributed by atoms with Gasteiger partial charge in [-0.15, -0.1) is 12.4 Å². The van der Waals surface area contributed by atoms with Crippen molar-refractivity contribution < 1.29 is 9.53 Å². The van der Waals surface area contributed by atoms with Gasteiger partial charge in [0.1, 0.15) is 5.75 Å². The smallest absolute Gasteiger partial charge is 0.240 e. The molecule has 0 spiro atoms. The van der Waals surface area contributed by atoms with E-state index in [-0.39, 0.29) is 18.3 Å². The van der Waals surface area contributed by atoms with Gasteiger partial charge in [-0.25, -0.2) is 0 Å². The third-order valence-corrected chi connectivity index (χ3v) is 1.77. The predicted octanol–water partition coefficient (Wildman–Crippen LogP) is 1.40. The van der Waals surface area contributed by atoms with Gasteiger partial charge in [0.05, 0.1) is 13.2 Å². The Balaban J connectivity index is 0.00000196. The molecular formula is C10H15ClN2O2. The lowest BCUT2D eigenvalue weighted by molar-refractivity contribution is -0.117. The molecule has 1 aromatic carbocycles. The number of nitrogens with one attached hydrogen (secondary N) is 1. The van der Waals surface area contributed by atoms with E-state index in [1.54, 1.807) is 38.3 Å². The molecule has 84 valence electrons. The summed E-state index contributed by atoms with van der Waals surface area (Å²) in [5, 5.41) is 2.67. The zero-order valence-electron chi connectivity index (χ0n) is 8.69. The zero-order chi connectivity index (χ0) is 10.6. The molecular weight excluding hydrogens is 216 g/mol. The fourth-order valence-electron chi connectivity index (χ4n) is 0.930. The Labute approximate surface area is 95.2 Å². The largest absolute Gasteiger partial charge is 0.497 e.